The lowest BCUT2D eigenvalue weighted by molar-refractivity contribution is 0.0969. The normalized spacial score (nSPS) is 11.6. The van der Waals surface area contributed by atoms with Crippen molar-refractivity contribution in [3.63, 3.8) is 0 Å². The summed E-state index contributed by atoms with van der Waals surface area (Å²) in [5.41, 5.74) is 1.18. The average Bonchev–Trinajstić information content (AvgIpc) is 2.88. The molecule has 4 aromatic carbocycles. The molecule has 1 amide bonds. The molecule has 0 atom stereocenters. The van der Waals surface area contributed by atoms with Gasteiger partial charge in [0.25, 0.3) is 5.91 Å². The quantitative estimate of drug-likeness (QED) is 0.237. The molecule has 4 aromatic rings. The van der Waals surface area contributed by atoms with Crippen LogP contribution >= 0.6 is 23.3 Å². The van der Waals surface area contributed by atoms with Gasteiger partial charge in [0, 0.05) is 21.8 Å². The van der Waals surface area contributed by atoms with Crippen LogP contribution in [0.15, 0.2) is 126 Å². The molecule has 4 rings (SSSR count). The summed E-state index contributed by atoms with van der Waals surface area (Å²) in [6, 6.07) is 34.6. The first-order valence-corrected chi connectivity index (χ1v) is 12.7. The van der Waals surface area contributed by atoms with Gasteiger partial charge in [0.1, 0.15) is 0 Å². The molecule has 0 saturated carbocycles. The van der Waals surface area contributed by atoms with Crippen molar-refractivity contribution in [2.24, 2.45) is 0 Å². The van der Waals surface area contributed by atoms with Gasteiger partial charge in [-0.25, -0.2) is 0 Å². The fourth-order valence-electron chi connectivity index (χ4n) is 3.25. The summed E-state index contributed by atoms with van der Waals surface area (Å²) in [6.45, 7) is 0. The van der Waals surface area contributed by atoms with Crippen molar-refractivity contribution in [3.8, 4) is 0 Å². The average molecular weight is 518 g/mol. The molecule has 0 spiro atoms. The molecule has 33 heavy (non-hydrogen) atoms. The van der Waals surface area contributed by atoms with Crippen molar-refractivity contribution in [2.45, 2.75) is 0 Å². The number of hydrogen-bond acceptors (Lipinski definition) is 3. The maximum absolute atomic E-state index is 14.4. The minimum Gasteiger partial charge on any atom is -0.435 e. The van der Waals surface area contributed by atoms with Gasteiger partial charge in [-0.2, -0.15) is 0 Å². The van der Waals surface area contributed by atoms with Crippen LogP contribution in [-0.2, 0) is 9.09 Å². The van der Waals surface area contributed by atoms with Gasteiger partial charge in [-0.3, -0.25) is 9.36 Å². The third kappa shape index (κ3) is 5.51. The SMILES string of the molecule is O=C(NC=C(OP(=O)(c1ccccc1)c1ccccc1)c1ccccc1)c1cccc(Br)c1. The second kappa shape index (κ2) is 10.5. The van der Waals surface area contributed by atoms with E-state index >= 15 is 0 Å². The molecule has 0 unspecified atom stereocenters. The molecule has 1 N–H and O–H groups in total. The van der Waals surface area contributed by atoms with E-state index < -0.39 is 7.37 Å². The second-order valence-corrected chi connectivity index (χ2v) is 10.4. The van der Waals surface area contributed by atoms with Gasteiger partial charge >= 0.3 is 7.37 Å². The molecule has 0 bridgehead atoms. The molecule has 0 aromatic heterocycles. The van der Waals surface area contributed by atoms with Gasteiger partial charge in [-0.05, 0) is 42.5 Å². The fraction of sp³-hybridized carbons (Fsp3) is 0. The highest BCUT2D eigenvalue weighted by Crippen LogP contribution is 2.48. The summed E-state index contributed by atoms with van der Waals surface area (Å²) >= 11 is 3.38. The first kappa shape index (κ1) is 22.8. The van der Waals surface area contributed by atoms with E-state index in [2.05, 4.69) is 21.2 Å². The smallest absolute Gasteiger partial charge is 0.306 e. The van der Waals surface area contributed by atoms with Gasteiger partial charge < -0.3 is 9.84 Å². The van der Waals surface area contributed by atoms with E-state index in [0.717, 1.165) is 4.47 Å². The lowest BCUT2D eigenvalue weighted by atomic mass is 10.2. The highest BCUT2D eigenvalue weighted by atomic mass is 79.9. The predicted octanol–water partition coefficient (Wildman–Crippen LogP) is 6.12. The number of benzene rings is 4. The zero-order chi connectivity index (χ0) is 23.1. The van der Waals surface area contributed by atoms with Crippen molar-refractivity contribution in [3.05, 3.63) is 137 Å². The van der Waals surface area contributed by atoms with Crippen LogP contribution in [0.4, 0.5) is 0 Å². The summed E-state index contributed by atoms with van der Waals surface area (Å²) in [6.07, 6.45) is 1.47. The third-order valence-electron chi connectivity index (χ3n) is 4.90. The maximum atomic E-state index is 14.4. The molecule has 164 valence electrons. The van der Waals surface area contributed by atoms with Gasteiger partial charge in [0.05, 0.1) is 10.6 Å². The van der Waals surface area contributed by atoms with Crippen molar-refractivity contribution >= 4 is 45.6 Å². The summed E-state index contributed by atoms with van der Waals surface area (Å²) < 4.78 is 21.5. The monoisotopic (exact) mass is 517 g/mol. The van der Waals surface area contributed by atoms with Crippen molar-refractivity contribution in [1.82, 2.24) is 5.32 Å². The number of hydrogen-bond donors (Lipinski definition) is 1. The van der Waals surface area contributed by atoms with Crippen LogP contribution in [0.25, 0.3) is 5.76 Å². The van der Waals surface area contributed by atoms with Gasteiger partial charge in [-0.15, -0.1) is 0 Å². The summed E-state index contributed by atoms with van der Waals surface area (Å²) in [7, 11) is -3.51. The van der Waals surface area contributed by atoms with Crippen LogP contribution in [0, 0.1) is 0 Å². The minimum atomic E-state index is -3.51. The highest BCUT2D eigenvalue weighted by molar-refractivity contribution is 9.10. The Kier molecular flexibility index (Phi) is 7.23. The van der Waals surface area contributed by atoms with E-state index in [1.54, 1.807) is 42.5 Å². The summed E-state index contributed by atoms with van der Waals surface area (Å²) in [5, 5.41) is 3.91. The fourth-order valence-corrected chi connectivity index (χ4v) is 5.72. The number of rotatable bonds is 7. The Morgan fingerprint density at radius 2 is 1.24 bits per heavy atom. The van der Waals surface area contributed by atoms with Crippen molar-refractivity contribution < 1.29 is 13.9 Å². The Balaban J connectivity index is 1.74. The van der Waals surface area contributed by atoms with E-state index in [-0.39, 0.29) is 5.91 Å². The predicted molar refractivity (Wildman–Crippen MR) is 137 cm³/mol. The number of carbonyl (C=O) groups excluding carboxylic acids is 1. The van der Waals surface area contributed by atoms with Gasteiger partial charge in [0.2, 0.25) is 0 Å². The molecule has 0 aliphatic rings. The molecule has 0 saturated heterocycles. The number of nitrogens with one attached hydrogen (secondary N) is 1. The Hall–Kier alpha value is -3.40. The van der Waals surface area contributed by atoms with E-state index in [4.69, 9.17) is 4.52 Å². The van der Waals surface area contributed by atoms with Crippen LogP contribution in [0.5, 0.6) is 0 Å². The Bertz CT molecular complexity index is 1270. The second-order valence-electron chi connectivity index (χ2n) is 7.17. The number of halogens is 1. The van der Waals surface area contributed by atoms with Crippen LogP contribution in [0.3, 0.4) is 0 Å². The largest absolute Gasteiger partial charge is 0.435 e. The standard InChI is InChI=1S/C27H21BrNO3P/c28-23-14-10-13-22(19-23)27(30)29-20-26(21-11-4-1-5-12-21)32-33(31,24-15-6-2-7-16-24)25-17-8-3-9-18-25/h1-20H,(H,29,30). The molecule has 0 fully saturated rings. The molecular formula is C27H21BrNO3P. The first-order chi connectivity index (χ1) is 16.1. The molecule has 0 radical (unpaired) electrons. The molecule has 0 aliphatic carbocycles. The number of carbonyl (C=O) groups is 1. The topological polar surface area (TPSA) is 55.4 Å². The Morgan fingerprint density at radius 1 is 0.727 bits per heavy atom. The zero-order valence-corrected chi connectivity index (χ0v) is 20.1. The van der Waals surface area contributed by atoms with E-state index in [1.165, 1.54) is 6.20 Å². The van der Waals surface area contributed by atoms with Crippen molar-refractivity contribution in [1.29, 1.82) is 0 Å². The van der Waals surface area contributed by atoms with Crippen molar-refractivity contribution in [2.75, 3.05) is 0 Å². The van der Waals surface area contributed by atoms with Gasteiger partial charge in [0.15, 0.2) is 5.76 Å². The van der Waals surface area contributed by atoms with Crippen LogP contribution in [-0.4, -0.2) is 5.91 Å². The maximum Gasteiger partial charge on any atom is 0.306 e. The minimum absolute atomic E-state index is 0.301. The molecule has 0 aliphatic heterocycles. The van der Waals surface area contributed by atoms with Crippen LogP contribution in [0.1, 0.15) is 15.9 Å². The van der Waals surface area contributed by atoms with Gasteiger partial charge in [-0.1, -0.05) is 88.7 Å². The molecule has 4 nitrogen and oxygen atoms in total. The van der Waals surface area contributed by atoms with Crippen LogP contribution in [0.2, 0.25) is 0 Å². The van der Waals surface area contributed by atoms with E-state index in [1.807, 2.05) is 72.8 Å². The highest BCUT2D eigenvalue weighted by Gasteiger charge is 2.31. The third-order valence-corrected chi connectivity index (χ3v) is 7.80. The summed E-state index contributed by atoms with van der Waals surface area (Å²) in [5.74, 6) is -0.00225. The van der Waals surface area contributed by atoms with E-state index in [0.29, 0.717) is 27.5 Å². The molecule has 6 heteroatoms. The molecule has 0 heterocycles. The molecular weight excluding hydrogens is 497 g/mol. The Labute approximate surface area is 201 Å². The van der Waals surface area contributed by atoms with Crippen LogP contribution < -0.4 is 15.9 Å². The lowest BCUT2D eigenvalue weighted by Gasteiger charge is -2.22. The zero-order valence-electron chi connectivity index (χ0n) is 17.6. The lowest BCUT2D eigenvalue weighted by Crippen LogP contribution is -2.20. The number of amides is 1. The first-order valence-electron chi connectivity index (χ1n) is 10.3. The van der Waals surface area contributed by atoms with E-state index in [9.17, 15) is 9.36 Å². The Morgan fingerprint density at radius 3 is 1.79 bits per heavy atom. The summed E-state index contributed by atoms with van der Waals surface area (Å²) in [4.78, 5) is 12.7.